The normalized spacial score (nSPS) is 15.4. The largest absolute Gasteiger partial charge is 0.497 e. The second-order valence-electron chi connectivity index (χ2n) is 4.87. The molecule has 0 bridgehead atoms. The highest BCUT2D eigenvalue weighted by atomic mass is 79.9. The topological polar surface area (TPSA) is 18.5 Å². The summed E-state index contributed by atoms with van der Waals surface area (Å²) in [5, 5.41) is 0. The van der Waals surface area contributed by atoms with Gasteiger partial charge < -0.3 is 9.47 Å². The standard InChI is InChI=1S/C16H17BrO2S2/c1-18-11-3-4-13(19-2)12(8-11)16(17)15-7-10-9-20-6-5-14(10)21-15/h3-4,7-8,16H,5-6,9H2,1-2H3. The smallest absolute Gasteiger partial charge is 0.123 e. The molecule has 0 fully saturated rings. The highest BCUT2D eigenvalue weighted by Crippen LogP contribution is 2.43. The first-order chi connectivity index (χ1) is 10.2. The number of methoxy groups -OCH3 is 2. The number of ether oxygens (including phenoxy) is 2. The maximum atomic E-state index is 5.50. The molecule has 5 heteroatoms. The maximum absolute atomic E-state index is 5.50. The van der Waals surface area contributed by atoms with E-state index in [0.29, 0.717) is 0 Å². The van der Waals surface area contributed by atoms with Crippen LogP contribution >= 0.6 is 39.0 Å². The zero-order valence-electron chi connectivity index (χ0n) is 12.0. The van der Waals surface area contributed by atoms with Gasteiger partial charge in [0.05, 0.1) is 19.0 Å². The van der Waals surface area contributed by atoms with E-state index in [1.807, 2.05) is 41.3 Å². The van der Waals surface area contributed by atoms with Crippen LogP contribution in [0.5, 0.6) is 11.5 Å². The summed E-state index contributed by atoms with van der Waals surface area (Å²) >= 11 is 7.78. The first-order valence-electron chi connectivity index (χ1n) is 6.78. The SMILES string of the molecule is COc1ccc(OC)c(C(Br)c2cc3c(s2)CCSC3)c1. The Bertz CT molecular complexity index is 616. The quantitative estimate of drug-likeness (QED) is 0.687. The van der Waals surface area contributed by atoms with Gasteiger partial charge in [-0.05, 0) is 42.0 Å². The van der Waals surface area contributed by atoms with Crippen LogP contribution in [0.25, 0.3) is 0 Å². The van der Waals surface area contributed by atoms with Gasteiger partial charge in [-0.1, -0.05) is 15.9 Å². The Morgan fingerprint density at radius 1 is 1.19 bits per heavy atom. The Kier molecular flexibility index (Phi) is 4.82. The van der Waals surface area contributed by atoms with Crippen molar-refractivity contribution in [2.75, 3.05) is 20.0 Å². The summed E-state index contributed by atoms with van der Waals surface area (Å²) in [5.41, 5.74) is 2.61. The molecule has 1 aromatic heterocycles. The minimum atomic E-state index is 0.142. The number of hydrogen-bond donors (Lipinski definition) is 0. The van der Waals surface area contributed by atoms with Crippen LogP contribution in [0.15, 0.2) is 24.3 Å². The summed E-state index contributed by atoms with van der Waals surface area (Å²) in [6.45, 7) is 0. The van der Waals surface area contributed by atoms with Gasteiger partial charge in [0.25, 0.3) is 0 Å². The van der Waals surface area contributed by atoms with E-state index in [9.17, 15) is 0 Å². The van der Waals surface area contributed by atoms with E-state index in [2.05, 4.69) is 22.0 Å². The van der Waals surface area contributed by atoms with Crippen LogP contribution < -0.4 is 9.47 Å². The Morgan fingerprint density at radius 3 is 2.76 bits per heavy atom. The van der Waals surface area contributed by atoms with Crippen LogP contribution in [0.3, 0.4) is 0 Å². The summed E-state index contributed by atoms with van der Waals surface area (Å²) in [6, 6.07) is 8.28. The third-order valence-electron chi connectivity index (χ3n) is 3.61. The number of alkyl halides is 1. The molecule has 1 atom stereocenters. The number of thioether (sulfide) groups is 1. The van der Waals surface area contributed by atoms with Gasteiger partial charge in [-0.3, -0.25) is 0 Å². The van der Waals surface area contributed by atoms with Crippen molar-refractivity contribution in [1.29, 1.82) is 0 Å². The number of fused-ring (bicyclic) bond motifs is 1. The van der Waals surface area contributed by atoms with Crippen molar-refractivity contribution < 1.29 is 9.47 Å². The second kappa shape index (κ2) is 6.63. The maximum Gasteiger partial charge on any atom is 0.123 e. The van der Waals surface area contributed by atoms with Crippen molar-refractivity contribution in [3.63, 3.8) is 0 Å². The van der Waals surface area contributed by atoms with Crippen molar-refractivity contribution in [2.24, 2.45) is 0 Å². The van der Waals surface area contributed by atoms with E-state index in [1.165, 1.54) is 27.5 Å². The average Bonchev–Trinajstić information content (AvgIpc) is 2.97. The molecule has 0 saturated heterocycles. The van der Waals surface area contributed by atoms with Crippen LogP contribution in [0, 0.1) is 0 Å². The van der Waals surface area contributed by atoms with E-state index < -0.39 is 0 Å². The lowest BCUT2D eigenvalue weighted by Gasteiger charge is -2.14. The van der Waals surface area contributed by atoms with Crippen LogP contribution in [-0.2, 0) is 12.2 Å². The molecule has 0 amide bonds. The third kappa shape index (κ3) is 3.10. The summed E-state index contributed by atoms with van der Waals surface area (Å²) < 4.78 is 10.8. The first kappa shape index (κ1) is 15.3. The molecular formula is C16H17BrO2S2. The number of thiophene rings is 1. The van der Waals surface area contributed by atoms with Gasteiger partial charge >= 0.3 is 0 Å². The van der Waals surface area contributed by atoms with Gasteiger partial charge in [0.15, 0.2) is 0 Å². The second-order valence-corrected chi connectivity index (χ2v) is 8.06. The van der Waals surface area contributed by atoms with E-state index in [4.69, 9.17) is 9.47 Å². The molecule has 0 radical (unpaired) electrons. The van der Waals surface area contributed by atoms with Gasteiger partial charge in [-0.2, -0.15) is 11.8 Å². The Hall–Kier alpha value is -0.650. The first-order valence-corrected chi connectivity index (χ1v) is 9.67. The van der Waals surface area contributed by atoms with Gasteiger partial charge in [0, 0.05) is 21.1 Å². The fourth-order valence-electron chi connectivity index (χ4n) is 2.49. The predicted molar refractivity (Wildman–Crippen MR) is 94.5 cm³/mol. The molecule has 21 heavy (non-hydrogen) atoms. The molecule has 1 unspecified atom stereocenters. The summed E-state index contributed by atoms with van der Waals surface area (Å²) in [5.74, 6) is 4.12. The van der Waals surface area contributed by atoms with E-state index in [0.717, 1.165) is 22.8 Å². The molecule has 1 aromatic carbocycles. The molecule has 112 valence electrons. The minimum absolute atomic E-state index is 0.142. The van der Waals surface area contributed by atoms with E-state index in [-0.39, 0.29) is 4.83 Å². The number of aryl methyl sites for hydroxylation is 1. The molecule has 1 aliphatic heterocycles. The molecule has 1 aliphatic rings. The van der Waals surface area contributed by atoms with Crippen molar-refractivity contribution in [3.05, 3.63) is 45.1 Å². The van der Waals surface area contributed by atoms with Gasteiger partial charge in [-0.15, -0.1) is 11.3 Å². The molecule has 0 saturated carbocycles. The highest BCUT2D eigenvalue weighted by molar-refractivity contribution is 9.09. The van der Waals surface area contributed by atoms with Crippen molar-refractivity contribution in [3.8, 4) is 11.5 Å². The third-order valence-corrected chi connectivity index (χ3v) is 7.21. The Morgan fingerprint density at radius 2 is 2.05 bits per heavy atom. The molecule has 2 nitrogen and oxygen atoms in total. The van der Waals surface area contributed by atoms with Crippen molar-refractivity contribution in [1.82, 2.24) is 0 Å². The summed E-state index contributed by atoms with van der Waals surface area (Å²) in [7, 11) is 3.40. The molecule has 0 aliphatic carbocycles. The van der Waals surface area contributed by atoms with Crippen LogP contribution in [-0.4, -0.2) is 20.0 Å². The van der Waals surface area contributed by atoms with Crippen molar-refractivity contribution in [2.45, 2.75) is 17.0 Å². The number of benzene rings is 1. The zero-order valence-corrected chi connectivity index (χ0v) is 15.2. The zero-order chi connectivity index (χ0) is 14.8. The molecule has 0 N–H and O–H groups in total. The average molecular weight is 385 g/mol. The molecule has 2 aromatic rings. The van der Waals surface area contributed by atoms with E-state index >= 15 is 0 Å². The molecule has 2 heterocycles. The number of halogens is 1. The van der Waals surface area contributed by atoms with E-state index in [1.54, 1.807) is 14.2 Å². The summed E-state index contributed by atoms with van der Waals surface area (Å²) in [4.78, 5) is 3.02. The minimum Gasteiger partial charge on any atom is -0.497 e. The Labute approximate surface area is 142 Å². The lowest BCUT2D eigenvalue weighted by atomic mass is 10.1. The number of rotatable bonds is 4. The molecule has 3 rings (SSSR count). The monoisotopic (exact) mass is 384 g/mol. The fraction of sp³-hybridized carbons (Fsp3) is 0.375. The van der Waals surface area contributed by atoms with Crippen LogP contribution in [0.4, 0.5) is 0 Å². The predicted octanol–water partition coefficient (Wildman–Crippen LogP) is 5.04. The van der Waals surface area contributed by atoms with Crippen molar-refractivity contribution >= 4 is 39.0 Å². The lowest BCUT2D eigenvalue weighted by Crippen LogP contribution is -1.97. The molecule has 0 spiro atoms. The lowest BCUT2D eigenvalue weighted by molar-refractivity contribution is 0.399. The van der Waals surface area contributed by atoms with Crippen LogP contribution in [0.2, 0.25) is 0 Å². The molecular weight excluding hydrogens is 368 g/mol. The van der Waals surface area contributed by atoms with Gasteiger partial charge in [0.1, 0.15) is 11.5 Å². The summed E-state index contributed by atoms with van der Waals surface area (Å²) in [6.07, 6.45) is 1.19. The van der Waals surface area contributed by atoms with Gasteiger partial charge in [0.2, 0.25) is 0 Å². The fourth-order valence-corrected chi connectivity index (χ4v) is 5.63. The van der Waals surface area contributed by atoms with Gasteiger partial charge in [-0.25, -0.2) is 0 Å². The van der Waals surface area contributed by atoms with Crippen LogP contribution in [0.1, 0.15) is 25.7 Å². The number of hydrogen-bond acceptors (Lipinski definition) is 4. The highest BCUT2D eigenvalue weighted by Gasteiger charge is 2.21. The Balaban J connectivity index is 1.97.